The number of rotatable bonds is 7. The third-order valence-electron chi connectivity index (χ3n) is 3.42. The van der Waals surface area contributed by atoms with Crippen molar-refractivity contribution in [2.45, 2.75) is 45.2 Å². The molecule has 1 nitrogen and oxygen atoms in total. The molecule has 1 heterocycles. The highest BCUT2D eigenvalue weighted by Gasteiger charge is 2.14. The lowest BCUT2D eigenvalue weighted by atomic mass is 10.0. The molecule has 2 rings (SSSR count). The van der Waals surface area contributed by atoms with E-state index in [1.165, 1.54) is 16.9 Å². The van der Waals surface area contributed by atoms with Crippen molar-refractivity contribution in [1.82, 2.24) is 5.32 Å². The van der Waals surface area contributed by atoms with Gasteiger partial charge in [-0.05, 0) is 48.9 Å². The Balaban J connectivity index is 1.99. The Morgan fingerprint density at radius 2 is 1.95 bits per heavy atom. The molecule has 1 aromatic heterocycles. The second kappa shape index (κ2) is 7.82. The minimum atomic E-state index is 0.409. The summed E-state index contributed by atoms with van der Waals surface area (Å²) < 4.78 is 0. The molecule has 0 aliphatic carbocycles. The lowest BCUT2D eigenvalue weighted by Crippen LogP contribution is -2.32. The summed E-state index contributed by atoms with van der Waals surface area (Å²) in [5, 5.41) is 6.70. The standard InChI is InChI=1S/C17H22ClNS/c1-3-5-17(14-7-9-15(18)10-8-14)19-13(2)12-16-6-4-11-20-16/h4,6-11,13,17,19H,3,5,12H2,1-2H3. The first-order valence-corrected chi connectivity index (χ1v) is 8.48. The molecule has 108 valence electrons. The third kappa shape index (κ3) is 4.62. The van der Waals surface area contributed by atoms with Crippen LogP contribution in [-0.4, -0.2) is 6.04 Å². The highest BCUT2D eigenvalue weighted by molar-refractivity contribution is 7.09. The van der Waals surface area contributed by atoms with E-state index in [1.54, 1.807) is 0 Å². The molecular formula is C17H22ClNS. The molecule has 0 aliphatic heterocycles. The maximum Gasteiger partial charge on any atom is 0.0406 e. The maximum absolute atomic E-state index is 5.97. The number of nitrogens with one attached hydrogen (secondary N) is 1. The lowest BCUT2D eigenvalue weighted by molar-refractivity contribution is 0.430. The highest BCUT2D eigenvalue weighted by Crippen LogP contribution is 2.22. The van der Waals surface area contributed by atoms with Crippen LogP contribution in [0.5, 0.6) is 0 Å². The Bertz CT molecular complexity index is 492. The fraction of sp³-hybridized carbons (Fsp3) is 0.412. The van der Waals surface area contributed by atoms with E-state index in [4.69, 9.17) is 11.6 Å². The monoisotopic (exact) mass is 307 g/mol. The molecule has 0 fully saturated rings. The van der Waals surface area contributed by atoms with Crippen molar-refractivity contribution in [1.29, 1.82) is 0 Å². The summed E-state index contributed by atoms with van der Waals surface area (Å²) >= 11 is 7.81. The third-order valence-corrected chi connectivity index (χ3v) is 4.57. The summed E-state index contributed by atoms with van der Waals surface area (Å²) in [6.07, 6.45) is 3.41. The fourth-order valence-electron chi connectivity index (χ4n) is 2.46. The maximum atomic E-state index is 5.97. The first kappa shape index (κ1) is 15.6. The van der Waals surface area contributed by atoms with E-state index in [0.717, 1.165) is 17.9 Å². The Morgan fingerprint density at radius 1 is 1.20 bits per heavy atom. The molecule has 1 N–H and O–H groups in total. The molecule has 0 amide bonds. The summed E-state index contributed by atoms with van der Waals surface area (Å²) in [7, 11) is 0. The van der Waals surface area contributed by atoms with Gasteiger partial charge in [0, 0.05) is 22.0 Å². The number of halogens is 1. The van der Waals surface area contributed by atoms with Crippen molar-refractivity contribution in [2.75, 3.05) is 0 Å². The van der Waals surface area contributed by atoms with Gasteiger partial charge < -0.3 is 5.32 Å². The molecule has 2 atom stereocenters. The van der Waals surface area contributed by atoms with E-state index < -0.39 is 0 Å². The molecule has 0 radical (unpaired) electrons. The minimum Gasteiger partial charge on any atom is -0.307 e. The molecule has 0 spiro atoms. The molecule has 2 unspecified atom stereocenters. The summed E-state index contributed by atoms with van der Waals surface area (Å²) in [5.74, 6) is 0. The van der Waals surface area contributed by atoms with Crippen molar-refractivity contribution >= 4 is 22.9 Å². The Labute approximate surface area is 131 Å². The molecule has 0 saturated heterocycles. The SMILES string of the molecule is CCCC(NC(C)Cc1cccs1)c1ccc(Cl)cc1. The van der Waals surface area contributed by atoms with Crippen LogP contribution < -0.4 is 5.32 Å². The van der Waals surface area contributed by atoms with Crippen LogP contribution in [0, 0.1) is 0 Å². The Morgan fingerprint density at radius 3 is 2.55 bits per heavy atom. The van der Waals surface area contributed by atoms with Crippen LogP contribution in [0.3, 0.4) is 0 Å². The minimum absolute atomic E-state index is 0.409. The van der Waals surface area contributed by atoms with Crippen LogP contribution in [0.4, 0.5) is 0 Å². The molecule has 20 heavy (non-hydrogen) atoms. The van der Waals surface area contributed by atoms with Gasteiger partial charge >= 0.3 is 0 Å². The summed E-state index contributed by atoms with van der Waals surface area (Å²) in [4.78, 5) is 1.44. The Kier molecular flexibility index (Phi) is 6.08. The zero-order chi connectivity index (χ0) is 14.4. The molecule has 3 heteroatoms. The van der Waals surface area contributed by atoms with Crippen LogP contribution >= 0.6 is 22.9 Å². The number of thiophene rings is 1. The van der Waals surface area contributed by atoms with Crippen LogP contribution in [0.15, 0.2) is 41.8 Å². The average Bonchev–Trinajstić information content (AvgIpc) is 2.92. The van der Waals surface area contributed by atoms with Crippen molar-refractivity contribution in [3.05, 3.63) is 57.2 Å². The van der Waals surface area contributed by atoms with Crippen molar-refractivity contribution in [3.63, 3.8) is 0 Å². The fourth-order valence-corrected chi connectivity index (χ4v) is 3.42. The first-order chi connectivity index (χ1) is 9.69. The molecule has 0 saturated carbocycles. The molecule has 2 aromatic rings. The topological polar surface area (TPSA) is 12.0 Å². The van der Waals surface area contributed by atoms with Gasteiger partial charge in [-0.25, -0.2) is 0 Å². The summed E-state index contributed by atoms with van der Waals surface area (Å²) in [6, 6.07) is 13.4. The van der Waals surface area contributed by atoms with E-state index in [9.17, 15) is 0 Å². The van der Waals surface area contributed by atoms with Gasteiger partial charge in [0.1, 0.15) is 0 Å². The second-order valence-corrected chi connectivity index (χ2v) is 6.71. The largest absolute Gasteiger partial charge is 0.307 e. The highest BCUT2D eigenvalue weighted by atomic mass is 35.5. The predicted octanol–water partition coefficient (Wildman–Crippen LogP) is 5.46. The van der Waals surface area contributed by atoms with Gasteiger partial charge in [-0.2, -0.15) is 0 Å². The summed E-state index contributed by atoms with van der Waals surface area (Å²) in [6.45, 7) is 4.49. The normalized spacial score (nSPS) is 14.2. The van der Waals surface area contributed by atoms with Gasteiger partial charge in [-0.3, -0.25) is 0 Å². The number of benzene rings is 1. The summed E-state index contributed by atoms with van der Waals surface area (Å²) in [5.41, 5.74) is 1.33. The zero-order valence-corrected chi connectivity index (χ0v) is 13.7. The van der Waals surface area contributed by atoms with Crippen molar-refractivity contribution in [3.8, 4) is 0 Å². The molecular weight excluding hydrogens is 286 g/mol. The zero-order valence-electron chi connectivity index (χ0n) is 12.1. The van der Waals surface area contributed by atoms with Crippen molar-refractivity contribution < 1.29 is 0 Å². The second-order valence-electron chi connectivity index (χ2n) is 5.24. The van der Waals surface area contributed by atoms with E-state index in [1.807, 2.05) is 23.5 Å². The van der Waals surface area contributed by atoms with Gasteiger partial charge in [-0.1, -0.05) is 43.1 Å². The lowest BCUT2D eigenvalue weighted by Gasteiger charge is -2.23. The van der Waals surface area contributed by atoms with Crippen LogP contribution in [0.2, 0.25) is 5.02 Å². The van der Waals surface area contributed by atoms with Crippen LogP contribution in [0.25, 0.3) is 0 Å². The number of hydrogen-bond acceptors (Lipinski definition) is 2. The number of hydrogen-bond donors (Lipinski definition) is 1. The Hall–Kier alpha value is -0.830. The quantitative estimate of drug-likeness (QED) is 0.716. The molecule has 1 aromatic carbocycles. The molecule has 0 aliphatic rings. The van der Waals surface area contributed by atoms with E-state index >= 15 is 0 Å². The van der Waals surface area contributed by atoms with Gasteiger partial charge in [-0.15, -0.1) is 11.3 Å². The van der Waals surface area contributed by atoms with Gasteiger partial charge in [0.15, 0.2) is 0 Å². The van der Waals surface area contributed by atoms with Crippen LogP contribution in [-0.2, 0) is 6.42 Å². The average molecular weight is 308 g/mol. The van der Waals surface area contributed by atoms with E-state index in [0.29, 0.717) is 12.1 Å². The van der Waals surface area contributed by atoms with Crippen molar-refractivity contribution in [2.24, 2.45) is 0 Å². The van der Waals surface area contributed by atoms with E-state index in [-0.39, 0.29) is 0 Å². The van der Waals surface area contributed by atoms with Crippen LogP contribution in [0.1, 0.15) is 43.2 Å². The molecule has 0 bridgehead atoms. The predicted molar refractivity (Wildman–Crippen MR) is 89.7 cm³/mol. The first-order valence-electron chi connectivity index (χ1n) is 7.23. The smallest absolute Gasteiger partial charge is 0.0406 e. The van der Waals surface area contributed by atoms with Gasteiger partial charge in [0.05, 0.1) is 0 Å². The van der Waals surface area contributed by atoms with Gasteiger partial charge in [0.25, 0.3) is 0 Å². The van der Waals surface area contributed by atoms with Gasteiger partial charge in [0.2, 0.25) is 0 Å². The van der Waals surface area contributed by atoms with E-state index in [2.05, 4.69) is 48.8 Å².